The SMILES string of the molecule is C=Cc1c(C(N)=O)cc(-c2ccc(OC(F)(F)F)cc2)c2ncn(C)c12. The third-order valence-corrected chi connectivity index (χ3v) is 3.89. The Bertz CT molecular complexity index is 1010. The van der Waals surface area contributed by atoms with Gasteiger partial charge in [0.05, 0.1) is 17.4 Å². The highest BCUT2D eigenvalue weighted by atomic mass is 19.4. The number of fused-ring (bicyclic) bond motifs is 1. The van der Waals surface area contributed by atoms with E-state index < -0.39 is 12.3 Å². The summed E-state index contributed by atoms with van der Waals surface area (Å²) in [6.45, 7) is 3.72. The molecule has 1 amide bonds. The fourth-order valence-electron chi connectivity index (χ4n) is 2.83. The number of nitrogens with zero attached hydrogens (tertiary/aromatic N) is 2. The summed E-state index contributed by atoms with van der Waals surface area (Å²) in [7, 11) is 1.76. The van der Waals surface area contributed by atoms with Gasteiger partial charge in [-0.25, -0.2) is 4.98 Å². The third-order valence-electron chi connectivity index (χ3n) is 3.89. The molecular weight excluding hydrogens is 347 g/mol. The second-order valence-electron chi connectivity index (χ2n) is 5.58. The van der Waals surface area contributed by atoms with E-state index >= 15 is 0 Å². The molecule has 1 aromatic heterocycles. The van der Waals surface area contributed by atoms with Crippen molar-refractivity contribution in [3.8, 4) is 16.9 Å². The quantitative estimate of drug-likeness (QED) is 0.767. The van der Waals surface area contributed by atoms with Crippen molar-refractivity contribution in [2.45, 2.75) is 6.36 Å². The molecule has 134 valence electrons. The van der Waals surface area contributed by atoms with Crippen LogP contribution < -0.4 is 10.5 Å². The number of primary amides is 1. The van der Waals surface area contributed by atoms with Crippen LogP contribution >= 0.6 is 0 Å². The predicted molar refractivity (Wildman–Crippen MR) is 91.4 cm³/mol. The standard InChI is InChI=1S/C18H14F3N3O2/c1-3-12-14(17(22)25)8-13(15-16(12)24(2)9-23-15)10-4-6-11(7-5-10)26-18(19,20)21/h3-9H,1H2,2H3,(H2,22,25). The summed E-state index contributed by atoms with van der Waals surface area (Å²) in [6, 6.07) is 6.88. The van der Waals surface area contributed by atoms with Crippen molar-refractivity contribution in [1.29, 1.82) is 0 Å². The molecule has 2 aromatic carbocycles. The second kappa shape index (κ2) is 6.21. The number of aryl methyl sites for hydroxylation is 1. The van der Waals surface area contributed by atoms with E-state index in [0.717, 1.165) is 0 Å². The molecule has 0 aliphatic carbocycles. The minimum absolute atomic E-state index is 0.252. The summed E-state index contributed by atoms with van der Waals surface area (Å²) in [6.07, 6.45) is -1.66. The summed E-state index contributed by atoms with van der Waals surface area (Å²) in [5.74, 6) is -0.974. The first-order valence-electron chi connectivity index (χ1n) is 7.47. The summed E-state index contributed by atoms with van der Waals surface area (Å²) in [4.78, 5) is 16.2. The topological polar surface area (TPSA) is 70.1 Å². The number of alkyl halides is 3. The maximum Gasteiger partial charge on any atom is 0.573 e. The third kappa shape index (κ3) is 3.13. The zero-order chi connectivity index (χ0) is 19.1. The number of carbonyl (C=O) groups is 1. The number of carbonyl (C=O) groups excluding carboxylic acids is 1. The number of hydrogen-bond donors (Lipinski definition) is 1. The molecule has 0 bridgehead atoms. The first kappa shape index (κ1) is 17.5. The van der Waals surface area contributed by atoms with Crippen LogP contribution in [0.25, 0.3) is 28.2 Å². The number of rotatable bonds is 4. The fraction of sp³-hybridized carbons (Fsp3) is 0.111. The Morgan fingerprint density at radius 2 is 1.96 bits per heavy atom. The summed E-state index contributed by atoms with van der Waals surface area (Å²) in [5.41, 5.74) is 8.65. The number of imidazole rings is 1. The summed E-state index contributed by atoms with van der Waals surface area (Å²) in [5, 5.41) is 0. The number of ether oxygens (including phenoxy) is 1. The van der Waals surface area contributed by atoms with Crippen LogP contribution in [0.5, 0.6) is 5.75 Å². The van der Waals surface area contributed by atoms with Crippen LogP contribution in [0.4, 0.5) is 13.2 Å². The molecule has 0 spiro atoms. The number of halogens is 3. The van der Waals surface area contributed by atoms with Crippen LogP contribution in [-0.4, -0.2) is 21.8 Å². The van der Waals surface area contributed by atoms with Crippen molar-refractivity contribution >= 4 is 23.0 Å². The minimum atomic E-state index is -4.76. The van der Waals surface area contributed by atoms with Gasteiger partial charge >= 0.3 is 6.36 Å². The van der Waals surface area contributed by atoms with Gasteiger partial charge in [0.25, 0.3) is 0 Å². The first-order valence-corrected chi connectivity index (χ1v) is 7.47. The molecule has 1 heterocycles. The molecule has 0 atom stereocenters. The molecule has 0 fully saturated rings. The van der Waals surface area contributed by atoms with Gasteiger partial charge in [0.2, 0.25) is 5.91 Å². The van der Waals surface area contributed by atoms with Gasteiger partial charge < -0.3 is 15.0 Å². The van der Waals surface area contributed by atoms with Crippen molar-refractivity contribution in [3.05, 3.63) is 54.4 Å². The Balaban J connectivity index is 2.19. The van der Waals surface area contributed by atoms with E-state index in [-0.39, 0.29) is 11.3 Å². The van der Waals surface area contributed by atoms with E-state index in [4.69, 9.17) is 5.73 Å². The minimum Gasteiger partial charge on any atom is -0.406 e. The van der Waals surface area contributed by atoms with Gasteiger partial charge in [-0.15, -0.1) is 13.2 Å². The lowest BCUT2D eigenvalue weighted by atomic mass is 9.96. The van der Waals surface area contributed by atoms with Crippen molar-refractivity contribution in [2.75, 3.05) is 0 Å². The van der Waals surface area contributed by atoms with Gasteiger partial charge in [0.1, 0.15) is 5.75 Å². The van der Waals surface area contributed by atoms with Crippen molar-refractivity contribution in [1.82, 2.24) is 9.55 Å². The van der Waals surface area contributed by atoms with E-state index in [1.807, 2.05) is 0 Å². The molecule has 8 heteroatoms. The van der Waals surface area contributed by atoms with Crippen LogP contribution in [0.1, 0.15) is 15.9 Å². The number of benzene rings is 2. The molecule has 0 unspecified atom stereocenters. The number of aromatic nitrogens is 2. The molecular formula is C18H14F3N3O2. The highest BCUT2D eigenvalue weighted by Gasteiger charge is 2.31. The second-order valence-corrected chi connectivity index (χ2v) is 5.58. The van der Waals surface area contributed by atoms with Gasteiger partial charge in [-0.2, -0.15) is 0 Å². The molecule has 5 nitrogen and oxygen atoms in total. The van der Waals surface area contributed by atoms with Crippen molar-refractivity contribution in [3.63, 3.8) is 0 Å². The lowest BCUT2D eigenvalue weighted by Gasteiger charge is -2.12. The smallest absolute Gasteiger partial charge is 0.406 e. The normalized spacial score (nSPS) is 11.5. The summed E-state index contributed by atoms with van der Waals surface area (Å²) >= 11 is 0. The Morgan fingerprint density at radius 1 is 1.31 bits per heavy atom. The molecule has 3 aromatic rings. The molecule has 0 aliphatic heterocycles. The zero-order valence-corrected chi connectivity index (χ0v) is 13.7. The van der Waals surface area contributed by atoms with Gasteiger partial charge in [-0.3, -0.25) is 4.79 Å². The van der Waals surface area contributed by atoms with E-state index in [0.29, 0.717) is 27.7 Å². The van der Waals surface area contributed by atoms with Crippen LogP contribution in [0.2, 0.25) is 0 Å². The van der Waals surface area contributed by atoms with Crippen molar-refractivity contribution in [2.24, 2.45) is 12.8 Å². The van der Waals surface area contributed by atoms with Crippen LogP contribution in [-0.2, 0) is 7.05 Å². The number of amides is 1. The molecule has 0 radical (unpaired) electrons. The molecule has 26 heavy (non-hydrogen) atoms. The summed E-state index contributed by atoms with van der Waals surface area (Å²) < 4.78 is 42.5. The highest BCUT2D eigenvalue weighted by Crippen LogP contribution is 2.34. The van der Waals surface area contributed by atoms with Gasteiger partial charge in [-0.1, -0.05) is 24.8 Å². The fourth-order valence-corrected chi connectivity index (χ4v) is 2.83. The molecule has 0 saturated heterocycles. The Hall–Kier alpha value is -3.29. The van der Waals surface area contributed by atoms with E-state index in [1.54, 1.807) is 24.0 Å². The lowest BCUT2D eigenvalue weighted by molar-refractivity contribution is -0.274. The van der Waals surface area contributed by atoms with E-state index in [9.17, 15) is 18.0 Å². The Kier molecular flexibility index (Phi) is 4.19. The first-order chi connectivity index (χ1) is 12.2. The predicted octanol–water partition coefficient (Wildman–Crippen LogP) is 3.88. The van der Waals surface area contributed by atoms with Crippen LogP contribution in [0.3, 0.4) is 0 Å². The van der Waals surface area contributed by atoms with Gasteiger partial charge in [0.15, 0.2) is 0 Å². The van der Waals surface area contributed by atoms with E-state index in [1.165, 1.54) is 30.3 Å². The number of hydrogen-bond acceptors (Lipinski definition) is 3. The Labute approximate surface area is 146 Å². The molecule has 3 rings (SSSR count). The van der Waals surface area contributed by atoms with Crippen molar-refractivity contribution < 1.29 is 22.7 Å². The van der Waals surface area contributed by atoms with Gasteiger partial charge in [-0.05, 0) is 23.8 Å². The highest BCUT2D eigenvalue weighted by molar-refractivity contribution is 6.07. The van der Waals surface area contributed by atoms with Crippen LogP contribution in [0, 0.1) is 0 Å². The average molecular weight is 361 g/mol. The van der Waals surface area contributed by atoms with Crippen LogP contribution in [0.15, 0.2) is 43.2 Å². The molecule has 2 N–H and O–H groups in total. The monoisotopic (exact) mass is 361 g/mol. The average Bonchev–Trinajstić information content (AvgIpc) is 2.95. The zero-order valence-electron chi connectivity index (χ0n) is 13.7. The maximum absolute atomic E-state index is 12.3. The molecule has 0 saturated carbocycles. The lowest BCUT2D eigenvalue weighted by Crippen LogP contribution is -2.17. The number of nitrogens with two attached hydrogens (primary N) is 1. The maximum atomic E-state index is 12.3. The largest absolute Gasteiger partial charge is 0.573 e. The Morgan fingerprint density at radius 3 is 2.50 bits per heavy atom. The van der Waals surface area contributed by atoms with E-state index in [2.05, 4.69) is 16.3 Å². The molecule has 0 aliphatic rings. The van der Waals surface area contributed by atoms with Gasteiger partial charge in [0, 0.05) is 23.7 Å².